The molecule has 0 unspecified atom stereocenters. The monoisotopic (exact) mass is 323 g/mol. The normalized spacial score (nSPS) is 13.5. The van der Waals surface area contributed by atoms with Crippen molar-refractivity contribution in [3.05, 3.63) is 46.0 Å². The standard InChI is InChI=1S/C14H18BrN3O/c1-14(2,3)12(16)13-17-11(18-19-13)8-9-4-6-10(15)7-5-9/h4-7,12H,8,16H2,1-3H3/t12-/m0/s1. The Kier molecular flexibility index (Phi) is 4.06. The van der Waals surface area contributed by atoms with Crippen LogP contribution in [-0.2, 0) is 6.42 Å². The van der Waals surface area contributed by atoms with Crippen molar-refractivity contribution < 1.29 is 4.52 Å². The van der Waals surface area contributed by atoms with Gasteiger partial charge < -0.3 is 10.3 Å². The first-order valence-corrected chi connectivity index (χ1v) is 6.98. The van der Waals surface area contributed by atoms with Gasteiger partial charge in [0.2, 0.25) is 5.89 Å². The highest BCUT2D eigenvalue weighted by Crippen LogP contribution is 2.29. The first-order valence-electron chi connectivity index (χ1n) is 6.19. The minimum Gasteiger partial charge on any atom is -0.338 e. The molecule has 0 aliphatic heterocycles. The Bertz CT molecular complexity index is 543. The second-order valence-corrected chi connectivity index (χ2v) is 6.61. The van der Waals surface area contributed by atoms with Gasteiger partial charge in [-0.2, -0.15) is 4.98 Å². The number of hydrogen-bond acceptors (Lipinski definition) is 4. The van der Waals surface area contributed by atoms with Crippen LogP contribution >= 0.6 is 15.9 Å². The molecule has 4 nitrogen and oxygen atoms in total. The molecule has 1 aromatic carbocycles. The molecule has 0 saturated carbocycles. The van der Waals surface area contributed by atoms with Crippen molar-refractivity contribution in [3.8, 4) is 0 Å². The minimum atomic E-state index is -0.251. The lowest BCUT2D eigenvalue weighted by atomic mass is 9.87. The molecule has 0 spiro atoms. The zero-order valence-electron chi connectivity index (χ0n) is 11.4. The third kappa shape index (κ3) is 3.64. The van der Waals surface area contributed by atoms with Crippen LogP contribution in [0.15, 0.2) is 33.3 Å². The lowest BCUT2D eigenvalue weighted by molar-refractivity contribution is 0.252. The Morgan fingerprint density at radius 1 is 1.26 bits per heavy atom. The molecule has 2 aromatic rings. The predicted octanol–water partition coefficient (Wildman–Crippen LogP) is 3.47. The second-order valence-electron chi connectivity index (χ2n) is 5.70. The van der Waals surface area contributed by atoms with Gasteiger partial charge in [0.1, 0.15) is 0 Å². The number of rotatable bonds is 3. The van der Waals surface area contributed by atoms with Crippen LogP contribution in [0.1, 0.15) is 44.1 Å². The number of nitrogens with zero attached hydrogens (tertiary/aromatic N) is 2. The molecule has 1 atom stereocenters. The molecule has 2 rings (SSSR count). The first-order chi connectivity index (χ1) is 8.86. The third-order valence-corrected chi connectivity index (χ3v) is 3.49. The van der Waals surface area contributed by atoms with Crippen molar-refractivity contribution in [1.82, 2.24) is 10.1 Å². The van der Waals surface area contributed by atoms with E-state index in [-0.39, 0.29) is 11.5 Å². The molecule has 0 fully saturated rings. The first kappa shape index (κ1) is 14.2. The fourth-order valence-electron chi connectivity index (χ4n) is 1.62. The summed E-state index contributed by atoms with van der Waals surface area (Å²) in [5.74, 6) is 1.16. The smallest absolute Gasteiger partial charge is 0.244 e. The minimum absolute atomic E-state index is 0.0958. The van der Waals surface area contributed by atoms with Crippen molar-refractivity contribution in [2.75, 3.05) is 0 Å². The maximum atomic E-state index is 6.10. The Morgan fingerprint density at radius 2 is 1.89 bits per heavy atom. The molecule has 1 aromatic heterocycles. The molecule has 0 aliphatic rings. The molecule has 0 radical (unpaired) electrons. The molecule has 19 heavy (non-hydrogen) atoms. The molecule has 0 saturated heterocycles. The van der Waals surface area contributed by atoms with Crippen LogP contribution in [0.3, 0.4) is 0 Å². The number of hydrogen-bond donors (Lipinski definition) is 1. The third-order valence-electron chi connectivity index (χ3n) is 2.96. The molecule has 0 amide bonds. The van der Waals surface area contributed by atoms with Crippen LogP contribution < -0.4 is 5.73 Å². The number of halogens is 1. The molecular weight excluding hydrogens is 306 g/mol. The highest BCUT2D eigenvalue weighted by atomic mass is 79.9. The Balaban J connectivity index is 2.11. The van der Waals surface area contributed by atoms with Gasteiger partial charge in [0, 0.05) is 10.9 Å². The van der Waals surface area contributed by atoms with Gasteiger partial charge in [-0.25, -0.2) is 0 Å². The summed E-state index contributed by atoms with van der Waals surface area (Å²) >= 11 is 3.41. The summed E-state index contributed by atoms with van der Waals surface area (Å²) < 4.78 is 6.31. The van der Waals surface area contributed by atoms with Crippen LogP contribution in [0.4, 0.5) is 0 Å². The van der Waals surface area contributed by atoms with E-state index in [1.807, 2.05) is 24.3 Å². The van der Waals surface area contributed by atoms with E-state index in [9.17, 15) is 0 Å². The number of aromatic nitrogens is 2. The fraction of sp³-hybridized carbons (Fsp3) is 0.429. The molecule has 5 heteroatoms. The Hall–Kier alpha value is -1.20. The van der Waals surface area contributed by atoms with Crippen LogP contribution in [-0.4, -0.2) is 10.1 Å². The van der Waals surface area contributed by atoms with Crippen molar-refractivity contribution in [2.45, 2.75) is 33.2 Å². The quantitative estimate of drug-likeness (QED) is 0.939. The van der Waals surface area contributed by atoms with Crippen molar-refractivity contribution in [1.29, 1.82) is 0 Å². The van der Waals surface area contributed by atoms with Gasteiger partial charge in [0.05, 0.1) is 6.04 Å². The average molecular weight is 324 g/mol. The molecule has 0 aliphatic carbocycles. The lowest BCUT2D eigenvalue weighted by Crippen LogP contribution is -2.26. The fourth-order valence-corrected chi connectivity index (χ4v) is 1.89. The zero-order valence-corrected chi connectivity index (χ0v) is 12.9. The van der Waals surface area contributed by atoms with Crippen LogP contribution in [0.2, 0.25) is 0 Å². The summed E-state index contributed by atoms with van der Waals surface area (Å²) in [6.45, 7) is 6.16. The highest BCUT2D eigenvalue weighted by Gasteiger charge is 2.27. The van der Waals surface area contributed by atoms with E-state index < -0.39 is 0 Å². The second kappa shape index (κ2) is 5.43. The predicted molar refractivity (Wildman–Crippen MR) is 77.6 cm³/mol. The largest absolute Gasteiger partial charge is 0.338 e. The van der Waals surface area contributed by atoms with Crippen LogP contribution in [0, 0.1) is 5.41 Å². The van der Waals surface area contributed by atoms with Crippen molar-refractivity contribution >= 4 is 15.9 Å². The average Bonchev–Trinajstić information content (AvgIpc) is 2.78. The van der Waals surface area contributed by atoms with Crippen molar-refractivity contribution in [2.24, 2.45) is 11.1 Å². The zero-order chi connectivity index (χ0) is 14.0. The van der Waals surface area contributed by atoms with E-state index in [0.29, 0.717) is 18.1 Å². The SMILES string of the molecule is CC(C)(C)[C@@H](N)c1nc(Cc2ccc(Br)cc2)no1. The maximum Gasteiger partial charge on any atom is 0.244 e. The summed E-state index contributed by atoms with van der Waals surface area (Å²) in [4.78, 5) is 4.38. The van der Waals surface area contributed by atoms with Gasteiger partial charge >= 0.3 is 0 Å². The van der Waals surface area contributed by atoms with Gasteiger partial charge in [0.25, 0.3) is 0 Å². The molecule has 2 N–H and O–H groups in total. The maximum absolute atomic E-state index is 6.10. The Labute approximate surface area is 121 Å². The van der Waals surface area contributed by atoms with E-state index in [4.69, 9.17) is 10.3 Å². The molecular formula is C14H18BrN3O. The van der Waals surface area contributed by atoms with E-state index in [2.05, 4.69) is 46.8 Å². The lowest BCUT2D eigenvalue weighted by Gasteiger charge is -2.23. The molecule has 102 valence electrons. The van der Waals surface area contributed by atoms with Crippen LogP contribution in [0.5, 0.6) is 0 Å². The number of nitrogens with two attached hydrogens (primary N) is 1. The van der Waals surface area contributed by atoms with E-state index in [1.165, 1.54) is 0 Å². The molecule has 1 heterocycles. The summed E-state index contributed by atoms with van der Waals surface area (Å²) in [5.41, 5.74) is 7.14. The summed E-state index contributed by atoms with van der Waals surface area (Å²) in [7, 11) is 0. The van der Waals surface area contributed by atoms with E-state index >= 15 is 0 Å². The summed E-state index contributed by atoms with van der Waals surface area (Å²) in [6, 6.07) is 7.81. The number of benzene rings is 1. The van der Waals surface area contributed by atoms with E-state index in [1.54, 1.807) is 0 Å². The Morgan fingerprint density at radius 3 is 2.47 bits per heavy atom. The van der Waals surface area contributed by atoms with Gasteiger partial charge in [-0.1, -0.05) is 54.0 Å². The highest BCUT2D eigenvalue weighted by molar-refractivity contribution is 9.10. The topological polar surface area (TPSA) is 64.9 Å². The van der Waals surface area contributed by atoms with E-state index in [0.717, 1.165) is 10.0 Å². The summed E-state index contributed by atoms with van der Waals surface area (Å²) in [5, 5.41) is 3.99. The van der Waals surface area contributed by atoms with Gasteiger partial charge in [0.15, 0.2) is 5.82 Å². The molecule has 0 bridgehead atoms. The van der Waals surface area contributed by atoms with Gasteiger partial charge in [-0.05, 0) is 23.1 Å². The van der Waals surface area contributed by atoms with Gasteiger partial charge in [-0.3, -0.25) is 0 Å². The van der Waals surface area contributed by atoms with Crippen molar-refractivity contribution in [3.63, 3.8) is 0 Å². The van der Waals surface area contributed by atoms with Gasteiger partial charge in [-0.15, -0.1) is 0 Å². The van der Waals surface area contributed by atoms with Crippen LogP contribution in [0.25, 0.3) is 0 Å². The summed E-state index contributed by atoms with van der Waals surface area (Å²) in [6.07, 6.45) is 0.646.